The van der Waals surface area contributed by atoms with Gasteiger partial charge >= 0.3 is 0 Å². The third-order valence-electron chi connectivity index (χ3n) is 11.0. The highest BCUT2D eigenvalue weighted by atomic mass is 16.7. The topological polar surface area (TPSA) is 126 Å². The molecule has 2 amide bonds. The average molecular weight is 777 g/mol. The van der Waals surface area contributed by atoms with Crippen LogP contribution in [0.25, 0.3) is 21.9 Å². The minimum Gasteiger partial charge on any atom is -0.397 e. The molecule has 1 aliphatic rings. The fourth-order valence-electron chi connectivity index (χ4n) is 7.45. The minimum atomic E-state index is -0.566. The second kappa shape index (κ2) is 19.1. The zero-order valence-corrected chi connectivity index (χ0v) is 33.1. The number of hydrogen-bond donors (Lipinski definition) is 4. The lowest BCUT2D eigenvalue weighted by Gasteiger charge is -2.39. The van der Waals surface area contributed by atoms with Crippen LogP contribution in [-0.4, -0.2) is 41.5 Å². The van der Waals surface area contributed by atoms with Gasteiger partial charge in [-0.15, -0.1) is 0 Å². The maximum atomic E-state index is 12.6. The predicted molar refractivity (Wildman–Crippen MR) is 230 cm³/mol. The van der Waals surface area contributed by atoms with Gasteiger partial charge < -0.3 is 30.9 Å². The van der Waals surface area contributed by atoms with Crippen LogP contribution in [-0.2, 0) is 32.2 Å². The predicted octanol–water partition coefficient (Wildman–Crippen LogP) is 9.24. The highest BCUT2D eigenvalue weighted by Crippen LogP contribution is 2.39. The molecule has 9 nitrogen and oxygen atoms in total. The van der Waals surface area contributed by atoms with Crippen LogP contribution >= 0.6 is 0 Å². The summed E-state index contributed by atoms with van der Waals surface area (Å²) in [5, 5.41) is 17.9. The largest absolute Gasteiger partial charge is 0.397 e. The molecule has 7 rings (SSSR count). The van der Waals surface area contributed by atoms with Crippen molar-refractivity contribution in [3.63, 3.8) is 0 Å². The first kappa shape index (κ1) is 40.4. The summed E-state index contributed by atoms with van der Waals surface area (Å²) < 4.78 is 13.4. The Morgan fingerprint density at radius 2 is 1.48 bits per heavy atom. The Kier molecular flexibility index (Phi) is 13.3. The Hall–Kier alpha value is -5.84. The second-order valence-electron chi connectivity index (χ2n) is 15.2. The highest BCUT2D eigenvalue weighted by Gasteiger charge is 2.33. The molecule has 0 spiro atoms. The van der Waals surface area contributed by atoms with E-state index in [1.54, 1.807) is 12.1 Å². The molecule has 6 aromatic carbocycles. The van der Waals surface area contributed by atoms with Crippen molar-refractivity contribution in [2.24, 2.45) is 0 Å². The monoisotopic (exact) mass is 776 g/mol. The van der Waals surface area contributed by atoms with Crippen molar-refractivity contribution < 1.29 is 24.2 Å². The van der Waals surface area contributed by atoms with E-state index in [9.17, 15) is 14.7 Å². The molecule has 0 saturated carbocycles. The first-order valence-electron chi connectivity index (χ1n) is 20.0. The number of carbonyl (C=O) groups excluding carboxylic acids is 2. The van der Waals surface area contributed by atoms with Gasteiger partial charge in [-0.25, -0.2) is 0 Å². The summed E-state index contributed by atoms with van der Waals surface area (Å²) >= 11 is 0. The highest BCUT2D eigenvalue weighted by molar-refractivity contribution is 5.94. The molecule has 1 fully saturated rings. The summed E-state index contributed by atoms with van der Waals surface area (Å²) in [6.07, 6.45) is 0.771. The molecule has 0 bridgehead atoms. The van der Waals surface area contributed by atoms with Gasteiger partial charge in [-0.3, -0.25) is 14.5 Å². The Morgan fingerprint density at radius 3 is 2.26 bits per heavy atom. The number of ether oxygens (including phenoxy) is 2. The van der Waals surface area contributed by atoms with Crippen molar-refractivity contribution in [3.8, 4) is 11.1 Å². The summed E-state index contributed by atoms with van der Waals surface area (Å²) in [5.41, 5.74) is 14.1. The summed E-state index contributed by atoms with van der Waals surface area (Å²) in [6.45, 7) is 3.34. The molecule has 1 aliphatic heterocycles. The number of fused-ring (bicyclic) bond motifs is 1. The number of nitrogen functional groups attached to an aromatic ring is 1. The lowest BCUT2D eigenvalue weighted by atomic mass is 9.98. The average Bonchev–Trinajstić information content (AvgIpc) is 3.26. The molecule has 5 N–H and O–H groups in total. The van der Waals surface area contributed by atoms with Gasteiger partial charge in [0.2, 0.25) is 11.8 Å². The number of nitrogens with zero attached hydrogens (tertiary/aromatic N) is 1. The van der Waals surface area contributed by atoms with Crippen molar-refractivity contribution in [1.29, 1.82) is 0 Å². The van der Waals surface area contributed by atoms with E-state index in [0.29, 0.717) is 30.8 Å². The van der Waals surface area contributed by atoms with Crippen LogP contribution in [0.2, 0.25) is 0 Å². The number of rotatable bonds is 15. The molecule has 0 unspecified atom stereocenters. The maximum Gasteiger partial charge on any atom is 0.224 e. The third-order valence-corrected chi connectivity index (χ3v) is 11.0. The van der Waals surface area contributed by atoms with Gasteiger partial charge in [0.15, 0.2) is 6.29 Å². The third kappa shape index (κ3) is 10.4. The molecule has 9 heteroatoms. The van der Waals surface area contributed by atoms with Crippen molar-refractivity contribution >= 4 is 34.0 Å². The summed E-state index contributed by atoms with van der Waals surface area (Å²) in [6, 6.07) is 46.8. The van der Waals surface area contributed by atoms with Gasteiger partial charge in [0.05, 0.1) is 30.2 Å². The molecule has 0 aromatic heterocycles. The Balaban J connectivity index is 0.973. The van der Waals surface area contributed by atoms with E-state index in [1.807, 2.05) is 48.5 Å². The Labute approximate surface area is 340 Å². The van der Waals surface area contributed by atoms with Crippen LogP contribution < -0.4 is 16.4 Å². The summed E-state index contributed by atoms with van der Waals surface area (Å²) in [4.78, 5) is 27.3. The molecular formula is C49H52N4O5. The second-order valence-corrected chi connectivity index (χ2v) is 15.2. The maximum absolute atomic E-state index is 12.6. The standard InChI is InChI=1S/C49H52N4O5/c1-33(40-26-23-36-10-3-4-11-42(36)28-40)53(2)31-43-29-46(38-19-17-34(32-54)18-20-38)58-49(57-43)39-24-21-37(22-25-39)41-12-7-9-35(27-41)30-51-47(55)15-8-16-48(56)52-45-14-6-5-13-44(45)50/h3-7,9-14,17-28,33,43,46,49,54H,8,15-16,29-32,50H2,1-2H3,(H,51,55)(H,52,56)/t33-,43-,46+,49+/m1/s1. The van der Waals surface area contributed by atoms with Crippen molar-refractivity contribution in [1.82, 2.24) is 10.2 Å². The molecule has 1 saturated heterocycles. The number of nitrogens with two attached hydrogens (primary N) is 1. The van der Waals surface area contributed by atoms with Gasteiger partial charge in [0.1, 0.15) is 0 Å². The van der Waals surface area contributed by atoms with Crippen LogP contribution in [0.5, 0.6) is 0 Å². The number of likely N-dealkylation sites (N-methyl/N-ethyl adjacent to an activating group) is 1. The zero-order valence-electron chi connectivity index (χ0n) is 33.1. The van der Waals surface area contributed by atoms with E-state index < -0.39 is 6.29 Å². The fraction of sp³-hybridized carbons (Fsp3) is 0.265. The van der Waals surface area contributed by atoms with Crippen molar-refractivity contribution in [2.75, 3.05) is 24.6 Å². The number of amides is 2. The van der Waals surface area contributed by atoms with Crippen LogP contribution in [0, 0.1) is 0 Å². The van der Waals surface area contributed by atoms with Crippen LogP contribution in [0.4, 0.5) is 11.4 Å². The van der Waals surface area contributed by atoms with E-state index in [-0.39, 0.29) is 49.5 Å². The van der Waals surface area contributed by atoms with Gasteiger partial charge in [-0.05, 0) is 88.8 Å². The van der Waals surface area contributed by atoms with Crippen LogP contribution in [0.1, 0.15) is 78.9 Å². The Bertz CT molecular complexity index is 2310. The van der Waals surface area contributed by atoms with E-state index in [1.165, 1.54) is 16.3 Å². The number of aliphatic hydroxyl groups is 1. The zero-order chi connectivity index (χ0) is 40.4. The molecule has 0 aliphatic carbocycles. The van der Waals surface area contributed by atoms with E-state index in [2.05, 4.69) is 108 Å². The fourth-order valence-corrected chi connectivity index (χ4v) is 7.45. The normalized spacial score (nSPS) is 17.2. The minimum absolute atomic E-state index is 0.00446. The first-order chi connectivity index (χ1) is 28.2. The number of hydrogen-bond acceptors (Lipinski definition) is 7. The SMILES string of the molecule is C[C@H](c1ccc2ccccc2c1)N(C)C[C@H]1C[C@@H](c2ccc(CO)cc2)O[C@@H](c2ccc(-c3cccc(CNC(=O)CCCC(=O)Nc4ccccc4N)c3)cc2)O1. The molecule has 4 atom stereocenters. The van der Waals surface area contributed by atoms with Crippen LogP contribution in [0.15, 0.2) is 140 Å². The first-order valence-corrected chi connectivity index (χ1v) is 20.0. The lowest BCUT2D eigenvalue weighted by molar-refractivity contribution is -0.253. The molecule has 298 valence electrons. The lowest BCUT2D eigenvalue weighted by Crippen LogP contribution is -2.38. The smallest absolute Gasteiger partial charge is 0.224 e. The molecule has 1 heterocycles. The van der Waals surface area contributed by atoms with Gasteiger partial charge in [-0.2, -0.15) is 0 Å². The van der Waals surface area contributed by atoms with E-state index in [4.69, 9.17) is 15.2 Å². The van der Waals surface area contributed by atoms with Crippen molar-refractivity contribution in [2.45, 2.75) is 70.3 Å². The van der Waals surface area contributed by atoms with Crippen molar-refractivity contribution in [3.05, 3.63) is 167 Å². The van der Waals surface area contributed by atoms with E-state index in [0.717, 1.165) is 39.9 Å². The molecule has 0 radical (unpaired) electrons. The van der Waals surface area contributed by atoms with Gasteiger partial charge in [0.25, 0.3) is 0 Å². The molecule has 6 aromatic rings. The molecule has 58 heavy (non-hydrogen) atoms. The number of nitrogens with one attached hydrogen (secondary N) is 2. The van der Waals surface area contributed by atoms with Gasteiger partial charge in [0, 0.05) is 44.0 Å². The van der Waals surface area contributed by atoms with Crippen LogP contribution in [0.3, 0.4) is 0 Å². The summed E-state index contributed by atoms with van der Waals surface area (Å²) in [5.74, 6) is -0.279. The quantitative estimate of drug-likeness (QED) is 0.0767. The number of aliphatic hydroxyl groups excluding tert-OH is 1. The molecular weight excluding hydrogens is 725 g/mol. The number of para-hydroxylation sites is 2. The summed E-state index contributed by atoms with van der Waals surface area (Å²) in [7, 11) is 2.15. The number of anilines is 2. The van der Waals surface area contributed by atoms with E-state index >= 15 is 0 Å². The van der Waals surface area contributed by atoms with Gasteiger partial charge in [-0.1, -0.05) is 115 Å². The Morgan fingerprint density at radius 1 is 0.759 bits per heavy atom. The number of benzene rings is 6. The number of carbonyl (C=O) groups is 2.